The molecule has 0 aliphatic carbocycles. The summed E-state index contributed by atoms with van der Waals surface area (Å²) in [4.78, 5) is 0.245. The molecule has 0 amide bonds. The van der Waals surface area contributed by atoms with Crippen molar-refractivity contribution in [2.75, 3.05) is 7.11 Å². The summed E-state index contributed by atoms with van der Waals surface area (Å²) in [5.74, 6) is 1.21. The van der Waals surface area contributed by atoms with Gasteiger partial charge in [0.15, 0.2) is 11.5 Å². The van der Waals surface area contributed by atoms with Gasteiger partial charge in [-0.05, 0) is 42.8 Å². The maximum Gasteiger partial charge on any atom is 0.268 e. The van der Waals surface area contributed by atoms with E-state index in [0.29, 0.717) is 23.8 Å². The van der Waals surface area contributed by atoms with Crippen LogP contribution in [0.25, 0.3) is 22.2 Å². The van der Waals surface area contributed by atoms with Crippen molar-refractivity contribution in [2.45, 2.75) is 18.4 Å². The second-order valence-electron chi connectivity index (χ2n) is 8.46. The third kappa shape index (κ3) is 4.19. The van der Waals surface area contributed by atoms with E-state index in [1.165, 1.54) is 3.97 Å². The van der Waals surface area contributed by atoms with Gasteiger partial charge in [0, 0.05) is 36.5 Å². The van der Waals surface area contributed by atoms with Crippen LogP contribution in [0.15, 0.2) is 96.2 Å². The molecule has 2 heterocycles. The zero-order chi connectivity index (χ0) is 24.6. The SMILES string of the molecule is COc1cc2c(-c3cccn3S(=O)(=O)c3ccc(C)cc3)cn(C)c2cc1OCc1ccccc1. The van der Waals surface area contributed by atoms with Crippen LogP contribution in [0.5, 0.6) is 11.5 Å². The average Bonchev–Trinajstić information content (AvgIpc) is 3.48. The Morgan fingerprint density at radius 1 is 0.886 bits per heavy atom. The number of hydrogen-bond acceptors (Lipinski definition) is 4. The molecule has 0 fully saturated rings. The van der Waals surface area contributed by atoms with Crippen molar-refractivity contribution in [3.8, 4) is 22.8 Å². The predicted octanol–water partition coefficient (Wildman–Crippen LogP) is 5.78. The van der Waals surface area contributed by atoms with Crippen LogP contribution in [0.1, 0.15) is 11.1 Å². The largest absolute Gasteiger partial charge is 0.493 e. The number of aryl methyl sites for hydroxylation is 2. The first-order valence-electron chi connectivity index (χ1n) is 11.2. The Morgan fingerprint density at radius 2 is 1.63 bits per heavy atom. The maximum atomic E-state index is 13.5. The van der Waals surface area contributed by atoms with Gasteiger partial charge in [0.1, 0.15) is 6.61 Å². The zero-order valence-corrected chi connectivity index (χ0v) is 20.6. The summed E-state index contributed by atoms with van der Waals surface area (Å²) in [5.41, 5.74) is 4.33. The van der Waals surface area contributed by atoms with Gasteiger partial charge in [0.25, 0.3) is 10.0 Å². The molecule has 0 saturated carbocycles. The molecule has 0 aliphatic rings. The van der Waals surface area contributed by atoms with Crippen LogP contribution >= 0.6 is 0 Å². The molecule has 0 unspecified atom stereocenters. The molecule has 0 N–H and O–H groups in total. The molecule has 5 aromatic rings. The van der Waals surface area contributed by atoms with Gasteiger partial charge in [-0.2, -0.15) is 0 Å². The van der Waals surface area contributed by atoms with Gasteiger partial charge in [-0.3, -0.25) is 0 Å². The molecular weight excluding hydrogens is 460 g/mol. The minimum absolute atomic E-state index is 0.245. The highest BCUT2D eigenvalue weighted by Gasteiger charge is 2.23. The Balaban J connectivity index is 1.58. The second kappa shape index (κ2) is 9.00. The van der Waals surface area contributed by atoms with E-state index in [0.717, 1.165) is 27.6 Å². The van der Waals surface area contributed by atoms with Crippen LogP contribution in [-0.2, 0) is 23.7 Å². The number of ether oxygens (including phenoxy) is 2. The third-order valence-corrected chi connectivity index (χ3v) is 7.78. The Bertz CT molecular complexity index is 1600. The fraction of sp³-hybridized carbons (Fsp3) is 0.143. The standard InChI is InChI=1S/C28H26N2O4S/c1-20-11-13-22(14-12-20)35(31,32)30-15-7-10-25(30)24-18-29(2)26-17-28(27(33-3)16-23(24)26)34-19-21-8-5-4-6-9-21/h4-18H,19H2,1-3H3. The molecule has 2 aromatic heterocycles. The topological polar surface area (TPSA) is 62.5 Å². The van der Waals surface area contributed by atoms with Gasteiger partial charge >= 0.3 is 0 Å². The number of nitrogens with zero attached hydrogens (tertiary/aromatic N) is 2. The van der Waals surface area contributed by atoms with Crippen molar-refractivity contribution < 1.29 is 17.9 Å². The molecule has 35 heavy (non-hydrogen) atoms. The molecule has 0 bridgehead atoms. The van der Waals surface area contributed by atoms with E-state index in [1.54, 1.807) is 43.6 Å². The van der Waals surface area contributed by atoms with Gasteiger partial charge in [-0.15, -0.1) is 0 Å². The van der Waals surface area contributed by atoms with Crippen molar-refractivity contribution in [3.63, 3.8) is 0 Å². The molecular formula is C28H26N2O4S. The number of aromatic nitrogens is 2. The summed E-state index contributed by atoms with van der Waals surface area (Å²) in [6.45, 7) is 2.34. The molecule has 7 heteroatoms. The number of benzene rings is 3. The summed E-state index contributed by atoms with van der Waals surface area (Å²) in [7, 11) is -0.230. The maximum absolute atomic E-state index is 13.5. The summed E-state index contributed by atoms with van der Waals surface area (Å²) in [6.07, 6.45) is 3.51. The zero-order valence-electron chi connectivity index (χ0n) is 19.8. The van der Waals surface area contributed by atoms with Crippen LogP contribution in [-0.4, -0.2) is 24.1 Å². The van der Waals surface area contributed by atoms with E-state index in [1.807, 2.05) is 73.3 Å². The Morgan fingerprint density at radius 3 is 2.34 bits per heavy atom. The summed E-state index contributed by atoms with van der Waals surface area (Å²) < 4.78 is 41.9. The summed E-state index contributed by atoms with van der Waals surface area (Å²) >= 11 is 0. The lowest BCUT2D eigenvalue weighted by Gasteiger charge is -2.13. The fourth-order valence-electron chi connectivity index (χ4n) is 4.21. The molecule has 0 spiro atoms. The van der Waals surface area contributed by atoms with E-state index in [9.17, 15) is 8.42 Å². The van der Waals surface area contributed by atoms with Crippen LogP contribution < -0.4 is 9.47 Å². The van der Waals surface area contributed by atoms with Crippen molar-refractivity contribution in [3.05, 3.63) is 102 Å². The Hall–Kier alpha value is -3.97. The van der Waals surface area contributed by atoms with E-state index in [2.05, 4.69) is 0 Å². The molecule has 5 rings (SSSR count). The van der Waals surface area contributed by atoms with Crippen LogP contribution in [0.2, 0.25) is 0 Å². The van der Waals surface area contributed by atoms with Gasteiger partial charge in [-0.1, -0.05) is 48.0 Å². The monoisotopic (exact) mass is 486 g/mol. The highest BCUT2D eigenvalue weighted by atomic mass is 32.2. The molecule has 6 nitrogen and oxygen atoms in total. The van der Waals surface area contributed by atoms with Gasteiger partial charge in [0.05, 0.1) is 23.2 Å². The van der Waals surface area contributed by atoms with E-state index >= 15 is 0 Å². The summed E-state index contributed by atoms with van der Waals surface area (Å²) in [5, 5.41) is 0.871. The lowest BCUT2D eigenvalue weighted by Crippen LogP contribution is -2.13. The minimum Gasteiger partial charge on any atom is -0.493 e. The molecule has 3 aromatic carbocycles. The van der Waals surface area contributed by atoms with E-state index in [-0.39, 0.29) is 4.90 Å². The molecule has 0 saturated heterocycles. The molecule has 0 aliphatic heterocycles. The van der Waals surface area contributed by atoms with Crippen molar-refractivity contribution in [2.24, 2.45) is 7.05 Å². The minimum atomic E-state index is -3.76. The number of fused-ring (bicyclic) bond motifs is 1. The number of hydrogen-bond donors (Lipinski definition) is 0. The fourth-order valence-corrected chi connectivity index (χ4v) is 5.57. The highest BCUT2D eigenvalue weighted by molar-refractivity contribution is 7.90. The second-order valence-corrected chi connectivity index (χ2v) is 10.3. The Labute approximate surface area is 205 Å². The van der Waals surface area contributed by atoms with Gasteiger partial charge in [0.2, 0.25) is 0 Å². The van der Waals surface area contributed by atoms with Gasteiger partial charge < -0.3 is 14.0 Å². The first kappa shape index (κ1) is 22.8. The lowest BCUT2D eigenvalue weighted by molar-refractivity contribution is 0.285. The van der Waals surface area contributed by atoms with Crippen LogP contribution in [0, 0.1) is 6.92 Å². The normalized spacial score (nSPS) is 11.6. The number of rotatable bonds is 7. The van der Waals surface area contributed by atoms with Crippen molar-refractivity contribution >= 4 is 20.9 Å². The molecule has 178 valence electrons. The average molecular weight is 487 g/mol. The quantitative estimate of drug-likeness (QED) is 0.293. The first-order valence-corrected chi connectivity index (χ1v) is 12.7. The molecule has 0 radical (unpaired) electrons. The van der Waals surface area contributed by atoms with Crippen LogP contribution in [0.4, 0.5) is 0 Å². The number of methoxy groups -OCH3 is 1. The molecule has 0 atom stereocenters. The lowest BCUT2D eigenvalue weighted by atomic mass is 10.1. The van der Waals surface area contributed by atoms with Crippen LogP contribution in [0.3, 0.4) is 0 Å². The van der Waals surface area contributed by atoms with E-state index in [4.69, 9.17) is 9.47 Å². The highest BCUT2D eigenvalue weighted by Crippen LogP contribution is 2.39. The van der Waals surface area contributed by atoms with Crippen molar-refractivity contribution in [1.82, 2.24) is 8.54 Å². The smallest absolute Gasteiger partial charge is 0.268 e. The third-order valence-electron chi connectivity index (χ3n) is 6.08. The summed E-state index contributed by atoms with van der Waals surface area (Å²) in [6, 6.07) is 24.2. The predicted molar refractivity (Wildman–Crippen MR) is 137 cm³/mol. The van der Waals surface area contributed by atoms with E-state index < -0.39 is 10.0 Å². The first-order chi connectivity index (χ1) is 16.9. The Kier molecular flexibility index (Phi) is 5.86. The van der Waals surface area contributed by atoms with Gasteiger partial charge in [-0.25, -0.2) is 12.4 Å². The van der Waals surface area contributed by atoms with Crippen molar-refractivity contribution in [1.29, 1.82) is 0 Å².